The van der Waals surface area contributed by atoms with Gasteiger partial charge in [0.1, 0.15) is 0 Å². The number of aromatic nitrogens is 2. The lowest BCUT2D eigenvalue weighted by atomic mass is 9.83. The zero-order valence-corrected chi connectivity index (χ0v) is 13.3. The molecule has 0 radical (unpaired) electrons. The lowest BCUT2D eigenvalue weighted by molar-refractivity contribution is -0.148. The second-order valence-corrected chi connectivity index (χ2v) is 5.99. The molecule has 0 aliphatic carbocycles. The Kier molecular flexibility index (Phi) is 4.56. The highest BCUT2D eigenvalue weighted by Crippen LogP contribution is 2.37. The topological polar surface area (TPSA) is 67.6 Å². The van der Waals surface area contributed by atoms with E-state index in [-0.39, 0.29) is 0 Å². The summed E-state index contributed by atoms with van der Waals surface area (Å²) in [5.74, 6) is 0.0949. The van der Waals surface area contributed by atoms with Gasteiger partial charge in [-0.3, -0.25) is 9.69 Å². The van der Waals surface area contributed by atoms with E-state index in [9.17, 15) is 9.90 Å². The molecule has 0 spiro atoms. The van der Waals surface area contributed by atoms with Gasteiger partial charge in [-0.2, -0.15) is 5.10 Å². The molecule has 21 heavy (non-hydrogen) atoms. The number of ether oxygens (including phenoxy) is 1. The summed E-state index contributed by atoms with van der Waals surface area (Å²) in [5.41, 5.74) is 1.41. The summed E-state index contributed by atoms with van der Waals surface area (Å²) in [6.07, 6.45) is 2.36. The van der Waals surface area contributed by atoms with Gasteiger partial charge >= 0.3 is 5.97 Å². The summed E-state index contributed by atoms with van der Waals surface area (Å²) in [6, 6.07) is 0. The number of carboxylic acids is 1. The van der Waals surface area contributed by atoms with Crippen LogP contribution in [0.2, 0.25) is 0 Å². The normalized spacial score (nSPS) is 22.7. The molecule has 1 atom stereocenters. The van der Waals surface area contributed by atoms with Crippen molar-refractivity contribution in [1.29, 1.82) is 0 Å². The molecule has 1 N–H and O–H groups in total. The molecule has 2 heterocycles. The van der Waals surface area contributed by atoms with E-state index < -0.39 is 11.4 Å². The van der Waals surface area contributed by atoms with E-state index in [2.05, 4.69) is 10.00 Å². The number of carbonyl (C=O) groups is 1. The maximum atomic E-state index is 11.6. The van der Waals surface area contributed by atoms with Crippen molar-refractivity contribution in [3.63, 3.8) is 0 Å². The number of hydrogen-bond acceptors (Lipinski definition) is 4. The molecule has 0 bridgehead atoms. The van der Waals surface area contributed by atoms with Gasteiger partial charge < -0.3 is 9.84 Å². The Morgan fingerprint density at radius 2 is 2.24 bits per heavy atom. The zero-order valence-electron chi connectivity index (χ0n) is 13.3. The number of hydrogen-bond donors (Lipinski definition) is 1. The highest BCUT2D eigenvalue weighted by Gasteiger charge is 2.44. The molecule has 1 saturated heterocycles. The SMILES string of the molecule is CCCC1(C(=O)O)CCN(Cc2c(C)nn(C)c2OC)C1. The van der Waals surface area contributed by atoms with Crippen LogP contribution in [0, 0.1) is 12.3 Å². The molecule has 1 fully saturated rings. The summed E-state index contributed by atoms with van der Waals surface area (Å²) in [5, 5.41) is 14.0. The van der Waals surface area contributed by atoms with E-state index in [4.69, 9.17) is 4.74 Å². The third-order valence-corrected chi connectivity index (χ3v) is 4.48. The smallest absolute Gasteiger partial charge is 0.310 e. The van der Waals surface area contributed by atoms with Crippen LogP contribution in [0.5, 0.6) is 5.88 Å². The van der Waals surface area contributed by atoms with Gasteiger partial charge in [0.15, 0.2) is 0 Å². The van der Waals surface area contributed by atoms with E-state index in [0.717, 1.165) is 42.9 Å². The van der Waals surface area contributed by atoms with Crippen LogP contribution in [0.25, 0.3) is 0 Å². The standard InChI is InChI=1S/C15H25N3O3/c1-5-6-15(14(19)20)7-8-18(10-15)9-12-11(2)16-17(3)13(12)21-4/h5-10H2,1-4H3,(H,19,20). The van der Waals surface area contributed by atoms with E-state index >= 15 is 0 Å². The van der Waals surface area contributed by atoms with Gasteiger partial charge in [-0.1, -0.05) is 13.3 Å². The summed E-state index contributed by atoms with van der Waals surface area (Å²) in [7, 11) is 3.50. The van der Waals surface area contributed by atoms with Crippen molar-refractivity contribution in [2.45, 2.75) is 39.7 Å². The molecule has 1 aromatic rings. The van der Waals surface area contributed by atoms with Crippen molar-refractivity contribution in [3.05, 3.63) is 11.3 Å². The molecular formula is C15H25N3O3. The number of carboxylic acid groups (broad SMARTS) is 1. The minimum atomic E-state index is -0.665. The second kappa shape index (κ2) is 6.05. The predicted molar refractivity (Wildman–Crippen MR) is 79.4 cm³/mol. The fourth-order valence-electron chi connectivity index (χ4n) is 3.40. The van der Waals surface area contributed by atoms with Crippen LogP contribution < -0.4 is 4.74 Å². The number of likely N-dealkylation sites (tertiary alicyclic amines) is 1. The third-order valence-electron chi connectivity index (χ3n) is 4.48. The van der Waals surface area contributed by atoms with Crippen LogP contribution in [0.3, 0.4) is 0 Å². The minimum Gasteiger partial charge on any atom is -0.481 e. The molecule has 0 amide bonds. The summed E-state index contributed by atoms with van der Waals surface area (Å²) >= 11 is 0. The average Bonchev–Trinajstić information content (AvgIpc) is 2.94. The summed E-state index contributed by atoms with van der Waals surface area (Å²) in [6.45, 7) is 6.12. The molecule has 1 aliphatic heterocycles. The van der Waals surface area contributed by atoms with E-state index in [0.29, 0.717) is 13.1 Å². The Balaban J connectivity index is 2.14. The Hall–Kier alpha value is -1.56. The Morgan fingerprint density at radius 1 is 1.52 bits per heavy atom. The first kappa shape index (κ1) is 15.8. The summed E-state index contributed by atoms with van der Waals surface area (Å²) < 4.78 is 7.15. The Labute approximate surface area is 125 Å². The van der Waals surface area contributed by atoms with Crippen LogP contribution in [-0.2, 0) is 18.4 Å². The van der Waals surface area contributed by atoms with Crippen molar-refractivity contribution < 1.29 is 14.6 Å². The van der Waals surface area contributed by atoms with Gasteiger partial charge in [-0.25, -0.2) is 4.68 Å². The summed E-state index contributed by atoms with van der Waals surface area (Å²) in [4.78, 5) is 13.8. The van der Waals surface area contributed by atoms with E-state index in [1.165, 1.54) is 0 Å². The van der Waals surface area contributed by atoms with Crippen LogP contribution in [0.1, 0.15) is 37.4 Å². The number of nitrogens with zero attached hydrogens (tertiary/aromatic N) is 3. The number of methoxy groups -OCH3 is 1. The van der Waals surface area contributed by atoms with Crippen molar-refractivity contribution in [1.82, 2.24) is 14.7 Å². The van der Waals surface area contributed by atoms with Crippen LogP contribution in [0.15, 0.2) is 0 Å². The molecule has 1 aromatic heterocycles. The number of aliphatic carboxylic acids is 1. The first-order chi connectivity index (χ1) is 9.93. The fourth-order valence-corrected chi connectivity index (χ4v) is 3.40. The second-order valence-electron chi connectivity index (χ2n) is 5.99. The van der Waals surface area contributed by atoms with Gasteiger partial charge in [0.2, 0.25) is 5.88 Å². The van der Waals surface area contributed by atoms with Gasteiger partial charge in [0.05, 0.1) is 23.8 Å². The highest BCUT2D eigenvalue weighted by molar-refractivity contribution is 5.75. The van der Waals surface area contributed by atoms with Crippen LogP contribution in [0.4, 0.5) is 0 Å². The van der Waals surface area contributed by atoms with Crippen molar-refractivity contribution >= 4 is 5.97 Å². The molecular weight excluding hydrogens is 270 g/mol. The molecule has 0 aromatic carbocycles. The molecule has 2 rings (SSSR count). The third kappa shape index (κ3) is 2.90. The van der Waals surface area contributed by atoms with Gasteiger partial charge in [-0.05, 0) is 26.3 Å². The first-order valence-electron chi connectivity index (χ1n) is 7.45. The Morgan fingerprint density at radius 3 is 2.81 bits per heavy atom. The maximum absolute atomic E-state index is 11.6. The fraction of sp³-hybridized carbons (Fsp3) is 0.733. The van der Waals surface area contributed by atoms with Gasteiger partial charge in [0, 0.05) is 20.1 Å². The van der Waals surface area contributed by atoms with Gasteiger partial charge in [0.25, 0.3) is 0 Å². The minimum absolute atomic E-state index is 0.585. The molecule has 0 saturated carbocycles. The van der Waals surface area contributed by atoms with Crippen molar-refractivity contribution in [2.24, 2.45) is 12.5 Å². The van der Waals surface area contributed by atoms with E-state index in [1.807, 2.05) is 20.9 Å². The lowest BCUT2D eigenvalue weighted by Crippen LogP contribution is -2.34. The quantitative estimate of drug-likeness (QED) is 0.867. The largest absolute Gasteiger partial charge is 0.481 e. The van der Waals surface area contributed by atoms with Crippen molar-refractivity contribution in [2.75, 3.05) is 20.2 Å². The predicted octanol–water partition coefficient (Wildman–Crippen LogP) is 1.81. The lowest BCUT2D eigenvalue weighted by Gasteiger charge is -2.24. The number of aryl methyl sites for hydroxylation is 2. The van der Waals surface area contributed by atoms with E-state index in [1.54, 1.807) is 11.8 Å². The van der Waals surface area contributed by atoms with Gasteiger partial charge in [-0.15, -0.1) is 0 Å². The first-order valence-corrected chi connectivity index (χ1v) is 7.45. The average molecular weight is 295 g/mol. The number of rotatable bonds is 6. The monoisotopic (exact) mass is 295 g/mol. The van der Waals surface area contributed by atoms with Crippen molar-refractivity contribution in [3.8, 4) is 5.88 Å². The molecule has 6 heteroatoms. The maximum Gasteiger partial charge on any atom is 0.310 e. The molecule has 1 aliphatic rings. The molecule has 6 nitrogen and oxygen atoms in total. The highest BCUT2D eigenvalue weighted by atomic mass is 16.5. The molecule has 1 unspecified atom stereocenters. The van der Waals surface area contributed by atoms with Crippen LogP contribution >= 0.6 is 0 Å². The van der Waals surface area contributed by atoms with Crippen LogP contribution in [-0.4, -0.2) is 46.0 Å². The molecule has 118 valence electrons. The zero-order chi connectivity index (χ0) is 15.6. The Bertz CT molecular complexity index is 526.